The molecule has 0 aromatic heterocycles. The Labute approximate surface area is 144 Å². The highest BCUT2D eigenvalue weighted by Crippen LogP contribution is 2.22. The van der Waals surface area contributed by atoms with Crippen molar-refractivity contribution in [2.24, 2.45) is 0 Å². The van der Waals surface area contributed by atoms with Crippen LogP contribution in [0, 0.1) is 6.92 Å². The normalized spacial score (nSPS) is 20.0. The summed E-state index contributed by atoms with van der Waals surface area (Å²) in [5.74, 6) is 0. The standard InChI is InChI=1S/C13H21N3O4S2.ClH/c1-10-8-12(4-5-13(10)21(17,18)14-3)22(19,20)16-7-6-15-11(2)9-16;/h4-5,8,11,14-15H,6-7,9H2,1-3H3;1H/t11-;/m0./s1. The molecule has 7 nitrogen and oxygen atoms in total. The van der Waals surface area contributed by atoms with Gasteiger partial charge < -0.3 is 5.32 Å². The first-order valence-corrected chi connectivity index (χ1v) is 9.88. The average molecular weight is 384 g/mol. The lowest BCUT2D eigenvalue weighted by Crippen LogP contribution is -2.51. The first kappa shape index (κ1) is 20.3. The van der Waals surface area contributed by atoms with Crippen molar-refractivity contribution in [1.29, 1.82) is 0 Å². The topological polar surface area (TPSA) is 95.6 Å². The monoisotopic (exact) mass is 383 g/mol. The van der Waals surface area contributed by atoms with Crippen LogP contribution in [0.4, 0.5) is 0 Å². The smallest absolute Gasteiger partial charge is 0.243 e. The fraction of sp³-hybridized carbons (Fsp3) is 0.538. The third-order valence-corrected chi connectivity index (χ3v) is 7.11. The van der Waals surface area contributed by atoms with Gasteiger partial charge >= 0.3 is 0 Å². The van der Waals surface area contributed by atoms with Crippen molar-refractivity contribution in [1.82, 2.24) is 14.3 Å². The van der Waals surface area contributed by atoms with E-state index in [2.05, 4.69) is 10.0 Å². The number of aryl methyl sites for hydroxylation is 1. The van der Waals surface area contributed by atoms with Crippen molar-refractivity contribution in [2.45, 2.75) is 29.7 Å². The quantitative estimate of drug-likeness (QED) is 0.780. The summed E-state index contributed by atoms with van der Waals surface area (Å²) in [6, 6.07) is 4.18. The van der Waals surface area contributed by atoms with Crippen molar-refractivity contribution >= 4 is 32.5 Å². The number of hydrogen-bond acceptors (Lipinski definition) is 5. The second-order valence-electron chi connectivity index (χ2n) is 5.35. The first-order valence-electron chi connectivity index (χ1n) is 6.96. The summed E-state index contributed by atoms with van der Waals surface area (Å²) in [4.78, 5) is 0.205. The fourth-order valence-electron chi connectivity index (χ4n) is 2.46. The first-order chi connectivity index (χ1) is 10.2. The van der Waals surface area contributed by atoms with Gasteiger partial charge in [0.2, 0.25) is 20.0 Å². The summed E-state index contributed by atoms with van der Waals surface area (Å²) < 4.78 is 52.6. The van der Waals surface area contributed by atoms with E-state index in [1.807, 2.05) is 6.92 Å². The number of nitrogens with one attached hydrogen (secondary N) is 2. The molecule has 132 valence electrons. The van der Waals surface area contributed by atoms with Gasteiger partial charge in [-0.05, 0) is 44.7 Å². The second-order valence-corrected chi connectivity index (χ2v) is 9.15. The van der Waals surface area contributed by atoms with Crippen LogP contribution < -0.4 is 10.0 Å². The van der Waals surface area contributed by atoms with Crippen LogP contribution in [0.2, 0.25) is 0 Å². The highest BCUT2D eigenvalue weighted by Gasteiger charge is 2.29. The van der Waals surface area contributed by atoms with E-state index < -0.39 is 20.0 Å². The number of piperazine rings is 1. The Bertz CT molecular complexity index is 765. The molecule has 1 saturated heterocycles. The zero-order valence-electron chi connectivity index (χ0n) is 13.2. The van der Waals surface area contributed by atoms with Gasteiger partial charge in [-0.3, -0.25) is 0 Å². The lowest BCUT2D eigenvalue weighted by atomic mass is 10.2. The highest BCUT2D eigenvalue weighted by atomic mass is 35.5. The molecule has 1 atom stereocenters. The van der Waals surface area contributed by atoms with E-state index in [9.17, 15) is 16.8 Å². The Hall–Kier alpha value is -0.710. The number of rotatable bonds is 4. The van der Waals surface area contributed by atoms with E-state index >= 15 is 0 Å². The van der Waals surface area contributed by atoms with Crippen molar-refractivity contribution < 1.29 is 16.8 Å². The molecule has 1 fully saturated rings. The Balaban J connectivity index is 0.00000264. The molecule has 10 heteroatoms. The summed E-state index contributed by atoms with van der Waals surface area (Å²) in [5, 5.41) is 3.19. The maximum atomic E-state index is 12.6. The maximum Gasteiger partial charge on any atom is 0.243 e. The molecular formula is C13H22ClN3O4S2. The molecular weight excluding hydrogens is 362 g/mol. The largest absolute Gasteiger partial charge is 0.312 e. The predicted octanol–water partition coefficient (Wildman–Crippen LogP) is 0.307. The van der Waals surface area contributed by atoms with Crippen molar-refractivity contribution in [3.05, 3.63) is 23.8 Å². The second kappa shape index (κ2) is 7.45. The molecule has 23 heavy (non-hydrogen) atoms. The van der Waals surface area contributed by atoms with E-state index in [0.29, 0.717) is 25.2 Å². The lowest BCUT2D eigenvalue weighted by molar-refractivity contribution is 0.310. The number of benzene rings is 1. The number of hydrogen-bond donors (Lipinski definition) is 2. The zero-order valence-corrected chi connectivity index (χ0v) is 15.7. The minimum Gasteiger partial charge on any atom is -0.312 e. The van der Waals surface area contributed by atoms with Crippen molar-refractivity contribution in [2.75, 3.05) is 26.7 Å². The molecule has 1 aliphatic heterocycles. The molecule has 1 aromatic rings. The third kappa shape index (κ3) is 4.23. The van der Waals surface area contributed by atoms with E-state index in [4.69, 9.17) is 0 Å². The van der Waals surface area contributed by atoms with Gasteiger partial charge in [-0.25, -0.2) is 21.6 Å². The molecule has 0 bridgehead atoms. The Morgan fingerprint density at radius 1 is 1.26 bits per heavy atom. The molecule has 0 unspecified atom stereocenters. The van der Waals surface area contributed by atoms with Crippen LogP contribution in [0.5, 0.6) is 0 Å². The van der Waals surface area contributed by atoms with Gasteiger partial charge in [0.05, 0.1) is 9.79 Å². The van der Waals surface area contributed by atoms with Crippen LogP contribution in [0.15, 0.2) is 28.0 Å². The number of sulfonamides is 2. The molecule has 0 amide bonds. The van der Waals surface area contributed by atoms with E-state index in [1.54, 1.807) is 6.92 Å². The van der Waals surface area contributed by atoms with Crippen LogP contribution in [-0.2, 0) is 20.0 Å². The molecule has 0 saturated carbocycles. The Morgan fingerprint density at radius 2 is 1.91 bits per heavy atom. The molecule has 2 rings (SSSR count). The van der Waals surface area contributed by atoms with Crippen LogP contribution in [0.3, 0.4) is 0 Å². The minimum atomic E-state index is -3.61. The Kier molecular flexibility index (Phi) is 6.59. The van der Waals surface area contributed by atoms with Crippen LogP contribution in [0.1, 0.15) is 12.5 Å². The summed E-state index contributed by atoms with van der Waals surface area (Å²) in [7, 11) is -5.88. The van der Waals surface area contributed by atoms with Gasteiger partial charge in [-0.2, -0.15) is 4.31 Å². The highest BCUT2D eigenvalue weighted by molar-refractivity contribution is 7.89. The maximum absolute atomic E-state index is 12.6. The van der Waals surface area contributed by atoms with Gasteiger partial charge in [0.25, 0.3) is 0 Å². The molecule has 0 spiro atoms. The van der Waals surface area contributed by atoms with Crippen LogP contribution in [-0.4, -0.2) is 53.9 Å². The van der Waals surface area contributed by atoms with Gasteiger partial charge in [0.15, 0.2) is 0 Å². The lowest BCUT2D eigenvalue weighted by Gasteiger charge is -2.31. The summed E-state index contributed by atoms with van der Waals surface area (Å²) in [5.41, 5.74) is 0.401. The molecule has 1 aromatic carbocycles. The van der Waals surface area contributed by atoms with E-state index in [1.165, 1.54) is 29.6 Å². The number of nitrogens with zero attached hydrogens (tertiary/aromatic N) is 1. The SMILES string of the molecule is CNS(=O)(=O)c1ccc(S(=O)(=O)N2CCN[C@@H](C)C2)cc1C.Cl. The van der Waals surface area contributed by atoms with Gasteiger partial charge in [0, 0.05) is 25.7 Å². The van der Waals surface area contributed by atoms with Gasteiger partial charge in [-0.15, -0.1) is 12.4 Å². The molecule has 1 heterocycles. The summed E-state index contributed by atoms with van der Waals surface area (Å²) in [6.45, 7) is 4.92. The molecule has 0 aliphatic carbocycles. The fourth-order valence-corrected chi connectivity index (χ4v) is 5.02. The molecule has 2 N–H and O–H groups in total. The van der Waals surface area contributed by atoms with E-state index in [0.717, 1.165) is 0 Å². The van der Waals surface area contributed by atoms with Crippen LogP contribution in [0.25, 0.3) is 0 Å². The van der Waals surface area contributed by atoms with Crippen LogP contribution >= 0.6 is 12.4 Å². The predicted molar refractivity (Wildman–Crippen MR) is 90.9 cm³/mol. The average Bonchev–Trinajstić information content (AvgIpc) is 2.46. The molecule has 1 aliphatic rings. The minimum absolute atomic E-state index is 0. The number of halogens is 1. The molecule has 0 radical (unpaired) electrons. The summed E-state index contributed by atoms with van der Waals surface area (Å²) in [6.07, 6.45) is 0. The van der Waals surface area contributed by atoms with Crippen molar-refractivity contribution in [3.8, 4) is 0 Å². The Morgan fingerprint density at radius 3 is 2.43 bits per heavy atom. The zero-order chi connectivity index (χ0) is 16.5. The van der Waals surface area contributed by atoms with Gasteiger partial charge in [0.1, 0.15) is 0 Å². The van der Waals surface area contributed by atoms with E-state index in [-0.39, 0.29) is 28.2 Å². The third-order valence-electron chi connectivity index (χ3n) is 3.67. The van der Waals surface area contributed by atoms with Crippen molar-refractivity contribution in [3.63, 3.8) is 0 Å². The van der Waals surface area contributed by atoms with Gasteiger partial charge in [-0.1, -0.05) is 0 Å². The summed E-state index contributed by atoms with van der Waals surface area (Å²) >= 11 is 0.